The van der Waals surface area contributed by atoms with Gasteiger partial charge in [-0.05, 0) is 81.1 Å². The van der Waals surface area contributed by atoms with Crippen LogP contribution in [0.1, 0.15) is 56.9 Å². The van der Waals surface area contributed by atoms with Crippen molar-refractivity contribution >= 4 is 29.6 Å². The van der Waals surface area contributed by atoms with Crippen LogP contribution in [0.15, 0.2) is 59.6 Å². The van der Waals surface area contributed by atoms with Crippen LogP contribution in [0.2, 0.25) is 0 Å². The van der Waals surface area contributed by atoms with Gasteiger partial charge in [-0.2, -0.15) is 0 Å². The van der Waals surface area contributed by atoms with Crippen molar-refractivity contribution in [1.82, 2.24) is 16.0 Å². The number of hydrogen-bond acceptors (Lipinski definition) is 7. The molecule has 13 nitrogen and oxygen atoms in total. The summed E-state index contributed by atoms with van der Waals surface area (Å²) in [4.78, 5) is 55.7. The van der Waals surface area contributed by atoms with Crippen molar-refractivity contribution in [2.75, 3.05) is 19.6 Å². The fraction of sp³-hybridized carbons (Fsp3) is 0.469. The van der Waals surface area contributed by atoms with Crippen LogP contribution in [0.4, 0.5) is 0 Å². The molecular weight excluding hydrogens is 574 g/mol. The zero-order valence-electron chi connectivity index (χ0n) is 25.9. The molecule has 0 fully saturated rings. The molecule has 2 aromatic rings. The molecule has 2 aromatic carbocycles. The van der Waals surface area contributed by atoms with Crippen molar-refractivity contribution in [3.63, 3.8) is 0 Å². The first-order valence-corrected chi connectivity index (χ1v) is 15.4. The molecule has 4 amide bonds. The highest BCUT2D eigenvalue weighted by Gasteiger charge is 2.28. The molecule has 0 unspecified atom stereocenters. The van der Waals surface area contributed by atoms with Crippen LogP contribution in [0.3, 0.4) is 0 Å². The van der Waals surface area contributed by atoms with E-state index >= 15 is 0 Å². The van der Waals surface area contributed by atoms with Gasteiger partial charge in [0.2, 0.25) is 23.6 Å². The predicted octanol–water partition coefficient (Wildman–Crippen LogP) is 0.147. The average Bonchev–Trinajstić information content (AvgIpc) is 3.02. The predicted molar refractivity (Wildman–Crippen MR) is 176 cm³/mol. The van der Waals surface area contributed by atoms with Crippen LogP contribution in [0.5, 0.6) is 0 Å². The summed E-state index contributed by atoms with van der Waals surface area (Å²) in [5, 5.41) is 8.26. The molecule has 0 saturated carbocycles. The molecular formula is C32H49N9O4. The lowest BCUT2D eigenvalue weighted by atomic mass is 10.0. The Labute approximate surface area is 265 Å². The summed E-state index contributed by atoms with van der Waals surface area (Å²) in [7, 11) is 0. The SMILES string of the molecule is NCCCC[C@H](NC(=O)Cc1ccc(-c2ccccc2)cc1)C(=O)N[C@@H](CCCCN)C(=O)N[C@@H](CCCN=C(N)N)C(N)=O. The summed E-state index contributed by atoms with van der Waals surface area (Å²) in [5.74, 6) is -2.18. The highest BCUT2D eigenvalue weighted by molar-refractivity contribution is 5.94. The number of rotatable bonds is 21. The van der Waals surface area contributed by atoms with Crippen LogP contribution >= 0.6 is 0 Å². The number of nitrogens with two attached hydrogens (primary N) is 5. The zero-order valence-corrected chi connectivity index (χ0v) is 25.9. The molecule has 0 aliphatic carbocycles. The maximum absolute atomic E-state index is 13.5. The molecule has 0 heterocycles. The molecule has 0 aliphatic heterocycles. The van der Waals surface area contributed by atoms with Gasteiger partial charge in [0, 0.05) is 6.54 Å². The molecule has 3 atom stereocenters. The third kappa shape index (κ3) is 14.2. The van der Waals surface area contributed by atoms with E-state index < -0.39 is 35.8 Å². The fourth-order valence-corrected chi connectivity index (χ4v) is 4.73. The Morgan fingerprint density at radius 2 is 1.13 bits per heavy atom. The van der Waals surface area contributed by atoms with Crippen LogP contribution in [0, 0.1) is 0 Å². The van der Waals surface area contributed by atoms with E-state index in [0.29, 0.717) is 51.6 Å². The molecule has 0 aromatic heterocycles. The number of hydrogen-bond donors (Lipinski definition) is 8. The molecule has 0 bridgehead atoms. The van der Waals surface area contributed by atoms with Crippen LogP contribution < -0.4 is 44.6 Å². The van der Waals surface area contributed by atoms with Crippen molar-refractivity contribution in [1.29, 1.82) is 0 Å². The van der Waals surface area contributed by atoms with Gasteiger partial charge in [0.1, 0.15) is 18.1 Å². The smallest absolute Gasteiger partial charge is 0.243 e. The number of carbonyl (C=O) groups is 4. The quantitative estimate of drug-likeness (QED) is 0.0539. The standard InChI is InChI=1S/C32H49N9O4/c33-18-6-4-11-26(39-28(42)21-22-14-16-24(17-15-22)23-9-2-1-3-10-23)30(44)41-27(12-5-7-19-34)31(45)40-25(29(35)43)13-8-20-38-32(36)37/h1-3,9-10,14-17,25-27H,4-8,11-13,18-21,33-34H2,(H2,35,43)(H,39,42)(H,40,45)(H,41,44)(H4,36,37,38)/t25-,26-,27-/m0/s1. The molecule has 0 spiro atoms. The lowest BCUT2D eigenvalue weighted by molar-refractivity contribution is -0.133. The minimum atomic E-state index is -0.978. The van der Waals surface area contributed by atoms with Crippen molar-refractivity contribution in [3.05, 3.63) is 60.2 Å². The second-order valence-electron chi connectivity index (χ2n) is 10.9. The van der Waals surface area contributed by atoms with Gasteiger partial charge in [-0.25, -0.2) is 0 Å². The summed E-state index contributed by atoms with van der Waals surface area (Å²) < 4.78 is 0. The van der Waals surface area contributed by atoms with Gasteiger partial charge in [-0.15, -0.1) is 0 Å². The topological polar surface area (TPSA) is 247 Å². The molecule has 246 valence electrons. The third-order valence-corrected chi connectivity index (χ3v) is 7.21. The Kier molecular flexibility index (Phi) is 16.7. The second kappa shape index (κ2) is 20.5. The Hall–Kier alpha value is -4.49. The summed E-state index contributed by atoms with van der Waals surface area (Å²) in [6.07, 6.45) is 3.78. The fourth-order valence-electron chi connectivity index (χ4n) is 4.73. The molecule has 0 saturated heterocycles. The van der Waals surface area contributed by atoms with Gasteiger partial charge in [-0.1, -0.05) is 54.6 Å². The van der Waals surface area contributed by atoms with Gasteiger partial charge in [-0.3, -0.25) is 24.2 Å². The maximum Gasteiger partial charge on any atom is 0.243 e. The minimum absolute atomic E-state index is 0.0774. The van der Waals surface area contributed by atoms with E-state index in [1.807, 2.05) is 54.6 Å². The first kappa shape index (κ1) is 36.7. The number of carbonyl (C=O) groups excluding carboxylic acids is 4. The maximum atomic E-state index is 13.5. The van der Waals surface area contributed by atoms with Crippen LogP contribution in [-0.2, 0) is 25.6 Å². The molecule has 0 radical (unpaired) electrons. The summed E-state index contributed by atoms with van der Waals surface area (Å²) in [5.41, 5.74) is 30.4. The minimum Gasteiger partial charge on any atom is -0.370 e. The normalized spacial score (nSPS) is 12.8. The zero-order chi connectivity index (χ0) is 33.0. The van der Waals surface area contributed by atoms with E-state index in [2.05, 4.69) is 20.9 Å². The van der Waals surface area contributed by atoms with Gasteiger partial charge in [0.25, 0.3) is 0 Å². The van der Waals surface area contributed by atoms with Gasteiger partial charge in [0.15, 0.2) is 5.96 Å². The van der Waals surface area contributed by atoms with E-state index in [1.165, 1.54) is 0 Å². The van der Waals surface area contributed by atoms with Crippen molar-refractivity contribution in [3.8, 4) is 11.1 Å². The number of primary amides is 1. The molecule has 2 rings (SSSR count). The highest BCUT2D eigenvalue weighted by atomic mass is 16.2. The Morgan fingerprint density at radius 3 is 1.67 bits per heavy atom. The van der Waals surface area contributed by atoms with E-state index in [1.54, 1.807) is 0 Å². The number of benzene rings is 2. The second-order valence-corrected chi connectivity index (χ2v) is 10.9. The van der Waals surface area contributed by atoms with Crippen molar-refractivity contribution in [2.45, 2.75) is 75.9 Å². The molecule has 0 aliphatic rings. The highest BCUT2D eigenvalue weighted by Crippen LogP contribution is 2.19. The number of amides is 4. The Bertz CT molecular complexity index is 1230. The first-order valence-electron chi connectivity index (χ1n) is 15.4. The number of aliphatic imine (C=N–C) groups is 1. The summed E-state index contributed by atoms with van der Waals surface area (Å²) in [6, 6.07) is 14.7. The molecule has 13 heteroatoms. The van der Waals surface area contributed by atoms with E-state index in [4.69, 9.17) is 28.7 Å². The molecule has 45 heavy (non-hydrogen) atoms. The summed E-state index contributed by atoms with van der Waals surface area (Å²) in [6.45, 7) is 1.12. The van der Waals surface area contributed by atoms with Crippen molar-refractivity contribution in [2.24, 2.45) is 33.7 Å². The van der Waals surface area contributed by atoms with Crippen LogP contribution in [0.25, 0.3) is 11.1 Å². The average molecular weight is 624 g/mol. The van der Waals surface area contributed by atoms with Gasteiger partial charge in [0.05, 0.1) is 6.42 Å². The number of unbranched alkanes of at least 4 members (excludes halogenated alkanes) is 2. The van der Waals surface area contributed by atoms with Gasteiger partial charge >= 0.3 is 0 Å². The van der Waals surface area contributed by atoms with Crippen molar-refractivity contribution < 1.29 is 19.2 Å². The third-order valence-electron chi connectivity index (χ3n) is 7.21. The number of nitrogens with one attached hydrogen (secondary N) is 3. The lowest BCUT2D eigenvalue weighted by Gasteiger charge is -2.25. The Morgan fingerprint density at radius 1 is 0.622 bits per heavy atom. The lowest BCUT2D eigenvalue weighted by Crippen LogP contribution is -2.56. The monoisotopic (exact) mass is 623 g/mol. The van der Waals surface area contributed by atoms with E-state index in [9.17, 15) is 19.2 Å². The van der Waals surface area contributed by atoms with Crippen LogP contribution in [-0.4, -0.2) is 67.3 Å². The van der Waals surface area contributed by atoms with E-state index in [-0.39, 0.29) is 37.7 Å². The number of guanidine groups is 1. The molecule has 13 N–H and O–H groups in total. The Balaban J connectivity index is 2.09. The summed E-state index contributed by atoms with van der Waals surface area (Å²) >= 11 is 0. The first-order chi connectivity index (χ1) is 21.6. The van der Waals surface area contributed by atoms with E-state index in [0.717, 1.165) is 16.7 Å². The number of nitrogens with zero attached hydrogens (tertiary/aromatic N) is 1. The van der Waals surface area contributed by atoms with Gasteiger partial charge < -0.3 is 44.6 Å². The largest absolute Gasteiger partial charge is 0.370 e.